The molecular formula is C14H22ClN3. The second kappa shape index (κ2) is 5.89. The highest BCUT2D eigenvalue weighted by molar-refractivity contribution is 6.33. The first-order valence-electron chi connectivity index (χ1n) is 6.68. The summed E-state index contributed by atoms with van der Waals surface area (Å²) in [5, 5.41) is 4.13. The summed E-state index contributed by atoms with van der Waals surface area (Å²) < 4.78 is 0. The van der Waals surface area contributed by atoms with Crippen LogP contribution in [0.15, 0.2) is 12.3 Å². The zero-order chi connectivity index (χ0) is 13.1. The molecule has 0 amide bonds. The molecule has 0 radical (unpaired) electrons. The van der Waals surface area contributed by atoms with Crippen molar-refractivity contribution >= 4 is 17.4 Å². The molecule has 1 aromatic heterocycles. The van der Waals surface area contributed by atoms with Crippen LogP contribution in [0.1, 0.15) is 38.7 Å². The summed E-state index contributed by atoms with van der Waals surface area (Å²) in [4.78, 5) is 6.73. The smallest absolute Gasteiger partial charge is 0.147 e. The molecule has 1 fully saturated rings. The van der Waals surface area contributed by atoms with Gasteiger partial charge in [0.2, 0.25) is 0 Å². The van der Waals surface area contributed by atoms with Crippen molar-refractivity contribution in [3.8, 4) is 0 Å². The fraction of sp³-hybridized carbons (Fsp3) is 0.643. The molecule has 3 nitrogen and oxygen atoms in total. The van der Waals surface area contributed by atoms with Gasteiger partial charge >= 0.3 is 0 Å². The maximum Gasteiger partial charge on any atom is 0.147 e. The van der Waals surface area contributed by atoms with E-state index in [4.69, 9.17) is 11.6 Å². The van der Waals surface area contributed by atoms with Crippen molar-refractivity contribution in [2.45, 2.75) is 51.7 Å². The summed E-state index contributed by atoms with van der Waals surface area (Å²) in [6.07, 6.45) is 5.76. The van der Waals surface area contributed by atoms with Crippen molar-refractivity contribution in [2.75, 3.05) is 11.9 Å². The van der Waals surface area contributed by atoms with Crippen molar-refractivity contribution in [3.05, 3.63) is 22.8 Å². The van der Waals surface area contributed by atoms with Gasteiger partial charge in [-0.15, -0.1) is 0 Å². The molecule has 0 bridgehead atoms. The van der Waals surface area contributed by atoms with Gasteiger partial charge < -0.3 is 10.2 Å². The molecule has 0 atom stereocenters. The first-order chi connectivity index (χ1) is 8.58. The van der Waals surface area contributed by atoms with Crippen LogP contribution in [-0.2, 0) is 6.54 Å². The molecule has 1 aliphatic carbocycles. The minimum absolute atomic E-state index is 0.473. The number of hydrogen-bond acceptors (Lipinski definition) is 3. The summed E-state index contributed by atoms with van der Waals surface area (Å²) in [6, 6.07) is 3.12. The number of rotatable bonds is 5. The molecular weight excluding hydrogens is 246 g/mol. The number of anilines is 1. The monoisotopic (exact) mass is 267 g/mol. The van der Waals surface area contributed by atoms with Gasteiger partial charge in [0.05, 0.1) is 5.02 Å². The van der Waals surface area contributed by atoms with Crippen LogP contribution < -0.4 is 10.2 Å². The Labute approximate surface area is 115 Å². The standard InChI is InChI=1S/C14H22ClN3/c1-10(2)16-8-11-7-13(15)14(17-9-11)18(3)12-5-4-6-12/h7,9-10,12,16H,4-6,8H2,1-3H3. The number of aromatic nitrogens is 1. The molecule has 18 heavy (non-hydrogen) atoms. The van der Waals surface area contributed by atoms with Gasteiger partial charge in [-0.05, 0) is 30.9 Å². The number of nitrogens with one attached hydrogen (secondary N) is 1. The Kier molecular flexibility index (Phi) is 4.46. The van der Waals surface area contributed by atoms with Gasteiger partial charge in [0.1, 0.15) is 5.82 Å². The Morgan fingerprint density at radius 2 is 2.22 bits per heavy atom. The highest BCUT2D eigenvalue weighted by atomic mass is 35.5. The molecule has 0 aliphatic heterocycles. The van der Waals surface area contributed by atoms with Crippen LogP contribution in [-0.4, -0.2) is 24.1 Å². The first kappa shape index (κ1) is 13.6. The second-order valence-electron chi connectivity index (χ2n) is 5.38. The molecule has 4 heteroatoms. The predicted octanol–water partition coefficient (Wildman–Crippen LogP) is 3.22. The van der Waals surface area contributed by atoms with E-state index in [1.165, 1.54) is 19.3 Å². The highest BCUT2D eigenvalue weighted by Crippen LogP contribution is 2.31. The Hall–Kier alpha value is -0.800. The second-order valence-corrected chi connectivity index (χ2v) is 5.79. The van der Waals surface area contributed by atoms with E-state index in [1.54, 1.807) is 0 Å². The molecule has 1 N–H and O–H groups in total. The quantitative estimate of drug-likeness (QED) is 0.888. The van der Waals surface area contributed by atoms with Crippen LogP contribution in [0.2, 0.25) is 5.02 Å². The molecule has 0 saturated heterocycles. The van der Waals surface area contributed by atoms with E-state index in [-0.39, 0.29) is 0 Å². The molecule has 1 heterocycles. The zero-order valence-corrected chi connectivity index (χ0v) is 12.2. The molecule has 1 aromatic rings. The molecule has 100 valence electrons. The lowest BCUT2D eigenvalue weighted by atomic mass is 9.92. The maximum atomic E-state index is 6.33. The Morgan fingerprint density at radius 1 is 1.50 bits per heavy atom. The lowest BCUT2D eigenvalue weighted by Gasteiger charge is -2.36. The van der Waals surface area contributed by atoms with Crippen molar-refractivity contribution in [3.63, 3.8) is 0 Å². The molecule has 0 unspecified atom stereocenters. The minimum Gasteiger partial charge on any atom is -0.355 e. The van der Waals surface area contributed by atoms with E-state index in [0.29, 0.717) is 12.1 Å². The van der Waals surface area contributed by atoms with Gasteiger partial charge in [-0.1, -0.05) is 25.4 Å². The average Bonchev–Trinajstić information content (AvgIpc) is 2.23. The SMILES string of the molecule is CC(C)NCc1cnc(N(C)C2CCC2)c(Cl)c1. The normalized spacial score (nSPS) is 15.8. The third kappa shape index (κ3) is 3.15. The van der Waals surface area contributed by atoms with Crippen LogP contribution in [0, 0.1) is 0 Å². The van der Waals surface area contributed by atoms with Crippen molar-refractivity contribution < 1.29 is 0 Å². The van der Waals surface area contributed by atoms with Gasteiger partial charge in [-0.25, -0.2) is 4.98 Å². The van der Waals surface area contributed by atoms with Gasteiger partial charge in [0.15, 0.2) is 0 Å². The maximum absolute atomic E-state index is 6.33. The largest absolute Gasteiger partial charge is 0.355 e. The summed E-state index contributed by atoms with van der Waals surface area (Å²) in [5.74, 6) is 0.912. The third-order valence-electron chi connectivity index (χ3n) is 3.55. The molecule has 2 rings (SSSR count). The van der Waals surface area contributed by atoms with Crippen molar-refractivity contribution in [1.29, 1.82) is 0 Å². The Morgan fingerprint density at radius 3 is 2.72 bits per heavy atom. The van der Waals surface area contributed by atoms with Crippen LogP contribution in [0.4, 0.5) is 5.82 Å². The fourth-order valence-corrected chi connectivity index (χ4v) is 2.42. The number of halogens is 1. The average molecular weight is 268 g/mol. The molecule has 1 saturated carbocycles. The summed E-state index contributed by atoms with van der Waals surface area (Å²) in [7, 11) is 2.09. The van der Waals surface area contributed by atoms with E-state index in [0.717, 1.165) is 22.9 Å². The topological polar surface area (TPSA) is 28.2 Å². The summed E-state index contributed by atoms with van der Waals surface area (Å²) in [6.45, 7) is 5.08. The predicted molar refractivity (Wildman–Crippen MR) is 77.3 cm³/mol. The zero-order valence-electron chi connectivity index (χ0n) is 11.4. The van der Waals surface area contributed by atoms with Crippen LogP contribution >= 0.6 is 11.6 Å². The van der Waals surface area contributed by atoms with E-state index in [9.17, 15) is 0 Å². The lowest BCUT2D eigenvalue weighted by molar-refractivity contribution is 0.399. The summed E-state index contributed by atoms with van der Waals surface area (Å²) >= 11 is 6.33. The highest BCUT2D eigenvalue weighted by Gasteiger charge is 2.24. The summed E-state index contributed by atoms with van der Waals surface area (Å²) in [5.41, 5.74) is 1.14. The first-order valence-corrected chi connectivity index (χ1v) is 7.06. The Bertz CT molecular complexity index is 402. The molecule has 0 aromatic carbocycles. The van der Waals surface area contributed by atoms with E-state index < -0.39 is 0 Å². The van der Waals surface area contributed by atoms with Crippen molar-refractivity contribution in [1.82, 2.24) is 10.3 Å². The van der Waals surface area contributed by atoms with E-state index in [2.05, 4.69) is 36.1 Å². The van der Waals surface area contributed by atoms with Gasteiger partial charge in [-0.2, -0.15) is 0 Å². The number of hydrogen-bond donors (Lipinski definition) is 1. The van der Waals surface area contributed by atoms with Gasteiger partial charge in [0.25, 0.3) is 0 Å². The molecule has 1 aliphatic rings. The van der Waals surface area contributed by atoms with Crippen LogP contribution in [0.3, 0.4) is 0 Å². The van der Waals surface area contributed by atoms with Crippen LogP contribution in [0.25, 0.3) is 0 Å². The number of nitrogens with zero attached hydrogens (tertiary/aromatic N) is 2. The molecule has 0 spiro atoms. The Balaban J connectivity index is 2.04. The van der Waals surface area contributed by atoms with E-state index in [1.807, 2.05) is 12.3 Å². The van der Waals surface area contributed by atoms with E-state index >= 15 is 0 Å². The lowest BCUT2D eigenvalue weighted by Crippen LogP contribution is -2.37. The van der Waals surface area contributed by atoms with Gasteiger partial charge in [0, 0.05) is 31.9 Å². The van der Waals surface area contributed by atoms with Crippen molar-refractivity contribution in [2.24, 2.45) is 0 Å². The third-order valence-corrected chi connectivity index (χ3v) is 3.83. The van der Waals surface area contributed by atoms with Crippen LogP contribution in [0.5, 0.6) is 0 Å². The fourth-order valence-electron chi connectivity index (χ4n) is 2.10. The minimum atomic E-state index is 0.473. The number of pyridine rings is 1. The van der Waals surface area contributed by atoms with Gasteiger partial charge in [-0.3, -0.25) is 0 Å².